The highest BCUT2D eigenvalue weighted by Gasteiger charge is 2.25. The van der Waals surface area contributed by atoms with Gasteiger partial charge in [0.25, 0.3) is 0 Å². The summed E-state index contributed by atoms with van der Waals surface area (Å²) in [6, 6.07) is 7.75. The van der Waals surface area contributed by atoms with Gasteiger partial charge in [0, 0.05) is 24.7 Å². The number of carbonyl (C=O) groups excluding carboxylic acids is 2. The van der Waals surface area contributed by atoms with E-state index in [0.717, 1.165) is 5.56 Å². The van der Waals surface area contributed by atoms with Crippen LogP contribution in [0.3, 0.4) is 0 Å². The van der Waals surface area contributed by atoms with Crippen LogP contribution in [0.2, 0.25) is 0 Å². The average Bonchev–Trinajstić information content (AvgIpc) is 2.99. The molecule has 2 N–H and O–H groups in total. The van der Waals surface area contributed by atoms with Crippen molar-refractivity contribution in [2.45, 2.75) is 6.54 Å². The highest BCUT2D eigenvalue weighted by molar-refractivity contribution is 5.85. The molecule has 2 heterocycles. The van der Waals surface area contributed by atoms with Crippen LogP contribution in [0.15, 0.2) is 34.9 Å². The Morgan fingerprint density at radius 3 is 2.71 bits per heavy atom. The molecule has 0 saturated carbocycles. The minimum atomic E-state index is -0.518. The number of benzene rings is 1. The van der Waals surface area contributed by atoms with E-state index in [1.165, 1.54) is 17.0 Å². The quantitative estimate of drug-likeness (QED) is 0.866. The minimum absolute atomic E-state index is 0.0519. The molecule has 1 aliphatic heterocycles. The molecule has 0 unspecified atom stereocenters. The lowest BCUT2D eigenvalue weighted by atomic mass is 10.1. The van der Waals surface area contributed by atoms with Crippen molar-refractivity contribution < 1.29 is 18.5 Å². The fraction of sp³-hybridized carbons (Fsp3) is 0.312. The largest absolute Gasteiger partial charge is 0.368 e. The van der Waals surface area contributed by atoms with Gasteiger partial charge in [0.05, 0.1) is 19.6 Å². The Bertz CT molecular complexity index is 744. The molecule has 1 fully saturated rings. The van der Waals surface area contributed by atoms with E-state index in [2.05, 4.69) is 5.16 Å². The summed E-state index contributed by atoms with van der Waals surface area (Å²) in [6.07, 6.45) is 0. The van der Waals surface area contributed by atoms with Crippen LogP contribution in [0.5, 0.6) is 0 Å². The number of aromatic nitrogens is 1. The predicted molar refractivity (Wildman–Crippen MR) is 82.9 cm³/mol. The number of hydrogen-bond acceptors (Lipinski definition) is 5. The standard InChI is InChI=1S/C16H17FN4O3/c17-12-3-1-11(2-4-12)14-7-13(24-19-14)8-20-5-6-21(9-15(18)22)16(23)10-20/h1-4,7H,5-6,8-10H2,(H2,18,22). The summed E-state index contributed by atoms with van der Waals surface area (Å²) < 4.78 is 18.2. The predicted octanol–water partition coefficient (Wildman–Crippen LogP) is 0.610. The van der Waals surface area contributed by atoms with Gasteiger partial charge in [-0.15, -0.1) is 0 Å². The zero-order chi connectivity index (χ0) is 17.1. The first-order valence-electron chi connectivity index (χ1n) is 7.51. The van der Waals surface area contributed by atoms with E-state index in [0.29, 0.717) is 31.1 Å². The summed E-state index contributed by atoms with van der Waals surface area (Å²) in [5.41, 5.74) is 6.49. The Hall–Kier alpha value is -2.74. The van der Waals surface area contributed by atoms with Crippen molar-refractivity contribution >= 4 is 11.8 Å². The molecule has 1 aromatic heterocycles. The van der Waals surface area contributed by atoms with Crippen LogP contribution in [0.1, 0.15) is 5.76 Å². The van der Waals surface area contributed by atoms with E-state index in [1.54, 1.807) is 18.2 Å². The molecule has 1 saturated heterocycles. The topological polar surface area (TPSA) is 92.7 Å². The molecule has 2 aromatic rings. The fourth-order valence-corrected chi connectivity index (χ4v) is 2.61. The Kier molecular flexibility index (Phi) is 4.57. The van der Waals surface area contributed by atoms with Gasteiger partial charge in [0.15, 0.2) is 5.76 Å². The lowest BCUT2D eigenvalue weighted by Crippen LogP contribution is -2.52. The van der Waals surface area contributed by atoms with Gasteiger partial charge >= 0.3 is 0 Å². The van der Waals surface area contributed by atoms with E-state index >= 15 is 0 Å². The first kappa shape index (κ1) is 16.1. The second-order valence-electron chi connectivity index (χ2n) is 5.68. The summed E-state index contributed by atoms with van der Waals surface area (Å²) >= 11 is 0. The number of hydrogen-bond donors (Lipinski definition) is 1. The van der Waals surface area contributed by atoms with Crippen molar-refractivity contribution in [1.29, 1.82) is 0 Å². The van der Waals surface area contributed by atoms with Gasteiger partial charge in [-0.2, -0.15) is 0 Å². The highest BCUT2D eigenvalue weighted by Crippen LogP contribution is 2.20. The lowest BCUT2D eigenvalue weighted by Gasteiger charge is -2.32. The number of carbonyl (C=O) groups is 2. The van der Waals surface area contributed by atoms with Crippen LogP contribution in [-0.4, -0.2) is 52.9 Å². The molecule has 3 rings (SSSR count). The third kappa shape index (κ3) is 3.77. The van der Waals surface area contributed by atoms with Crippen molar-refractivity contribution in [3.05, 3.63) is 41.9 Å². The molecule has 0 atom stereocenters. The average molecular weight is 332 g/mol. The first-order valence-corrected chi connectivity index (χ1v) is 7.51. The van der Waals surface area contributed by atoms with Gasteiger partial charge in [-0.3, -0.25) is 14.5 Å². The normalized spacial score (nSPS) is 15.7. The molecule has 126 valence electrons. The number of primary amides is 1. The van der Waals surface area contributed by atoms with Gasteiger partial charge in [-0.25, -0.2) is 4.39 Å². The minimum Gasteiger partial charge on any atom is -0.368 e. The van der Waals surface area contributed by atoms with E-state index in [4.69, 9.17) is 10.3 Å². The third-order valence-corrected chi connectivity index (χ3v) is 3.82. The molecule has 0 spiro atoms. The van der Waals surface area contributed by atoms with Gasteiger partial charge in [-0.1, -0.05) is 5.16 Å². The number of rotatable bonds is 5. The first-order chi connectivity index (χ1) is 11.5. The summed E-state index contributed by atoms with van der Waals surface area (Å²) in [7, 11) is 0. The van der Waals surface area contributed by atoms with E-state index in [-0.39, 0.29) is 24.8 Å². The maximum absolute atomic E-state index is 12.9. The number of nitrogens with two attached hydrogens (primary N) is 1. The number of piperazine rings is 1. The van der Waals surface area contributed by atoms with Crippen LogP contribution in [0.4, 0.5) is 4.39 Å². The summed E-state index contributed by atoms with van der Waals surface area (Å²) in [4.78, 5) is 26.3. The number of nitrogens with zero attached hydrogens (tertiary/aromatic N) is 3. The van der Waals surface area contributed by atoms with Crippen molar-refractivity contribution in [3.63, 3.8) is 0 Å². The molecule has 7 nitrogen and oxygen atoms in total. The van der Waals surface area contributed by atoms with Crippen molar-refractivity contribution in [1.82, 2.24) is 15.0 Å². The molecule has 1 aromatic carbocycles. The Morgan fingerprint density at radius 2 is 2.04 bits per heavy atom. The summed E-state index contributed by atoms with van der Waals surface area (Å²) in [5, 5.41) is 3.97. The molecule has 1 aliphatic rings. The molecular weight excluding hydrogens is 315 g/mol. The van der Waals surface area contributed by atoms with Crippen molar-refractivity contribution in [2.75, 3.05) is 26.2 Å². The second kappa shape index (κ2) is 6.79. The Morgan fingerprint density at radius 1 is 1.29 bits per heavy atom. The fourth-order valence-electron chi connectivity index (χ4n) is 2.61. The molecular formula is C16H17FN4O3. The third-order valence-electron chi connectivity index (χ3n) is 3.82. The van der Waals surface area contributed by atoms with Gasteiger partial charge in [-0.05, 0) is 24.3 Å². The van der Waals surface area contributed by atoms with E-state index in [1.807, 2.05) is 4.90 Å². The van der Waals surface area contributed by atoms with Gasteiger partial charge in [0.1, 0.15) is 11.5 Å². The zero-order valence-corrected chi connectivity index (χ0v) is 12.9. The number of amides is 2. The van der Waals surface area contributed by atoms with Gasteiger partial charge < -0.3 is 15.2 Å². The Balaban J connectivity index is 1.60. The number of halogens is 1. The maximum atomic E-state index is 12.9. The van der Waals surface area contributed by atoms with Crippen LogP contribution in [-0.2, 0) is 16.1 Å². The second-order valence-corrected chi connectivity index (χ2v) is 5.68. The lowest BCUT2D eigenvalue weighted by molar-refractivity contribution is -0.139. The van der Waals surface area contributed by atoms with Crippen molar-refractivity contribution in [3.8, 4) is 11.3 Å². The van der Waals surface area contributed by atoms with Crippen LogP contribution in [0, 0.1) is 5.82 Å². The molecule has 0 radical (unpaired) electrons. The van der Waals surface area contributed by atoms with Crippen LogP contribution < -0.4 is 5.73 Å². The summed E-state index contributed by atoms with van der Waals surface area (Å²) in [6.45, 7) is 1.64. The molecule has 8 heteroatoms. The Labute approximate surface area is 137 Å². The maximum Gasteiger partial charge on any atom is 0.237 e. The monoisotopic (exact) mass is 332 g/mol. The van der Waals surface area contributed by atoms with Gasteiger partial charge in [0.2, 0.25) is 11.8 Å². The zero-order valence-electron chi connectivity index (χ0n) is 12.9. The van der Waals surface area contributed by atoms with Crippen LogP contribution >= 0.6 is 0 Å². The summed E-state index contributed by atoms with van der Waals surface area (Å²) in [5.74, 6) is -0.352. The van der Waals surface area contributed by atoms with E-state index in [9.17, 15) is 14.0 Å². The highest BCUT2D eigenvalue weighted by atomic mass is 19.1. The van der Waals surface area contributed by atoms with E-state index < -0.39 is 5.91 Å². The molecule has 0 bridgehead atoms. The van der Waals surface area contributed by atoms with Crippen molar-refractivity contribution in [2.24, 2.45) is 5.73 Å². The molecule has 24 heavy (non-hydrogen) atoms. The molecule has 2 amide bonds. The molecule has 0 aliphatic carbocycles. The van der Waals surface area contributed by atoms with Crippen LogP contribution in [0.25, 0.3) is 11.3 Å². The SMILES string of the molecule is NC(=O)CN1CCN(Cc2cc(-c3ccc(F)cc3)no2)CC1=O. The smallest absolute Gasteiger partial charge is 0.237 e.